The van der Waals surface area contributed by atoms with Crippen molar-refractivity contribution in [1.29, 1.82) is 0 Å². The Morgan fingerprint density at radius 3 is 2.67 bits per heavy atom. The molecule has 3 aliphatic rings. The van der Waals surface area contributed by atoms with Gasteiger partial charge in [0.2, 0.25) is 0 Å². The van der Waals surface area contributed by atoms with E-state index in [4.69, 9.17) is 4.42 Å². The summed E-state index contributed by atoms with van der Waals surface area (Å²) in [4.78, 5) is 4.98. The van der Waals surface area contributed by atoms with Crippen LogP contribution in [0.15, 0.2) is 47.1 Å². The lowest BCUT2D eigenvalue weighted by molar-refractivity contribution is -0.0793. The fraction of sp³-hybridized carbons (Fsp3) is 0.481. The van der Waals surface area contributed by atoms with Crippen molar-refractivity contribution >= 4 is 27.6 Å². The lowest BCUT2D eigenvalue weighted by Crippen LogP contribution is -2.73. The number of anilines is 1. The Hall–Kier alpha value is -2.42. The van der Waals surface area contributed by atoms with Crippen LogP contribution in [0, 0.1) is 5.41 Å². The van der Waals surface area contributed by atoms with Gasteiger partial charge in [0.1, 0.15) is 11.7 Å². The first-order valence-corrected chi connectivity index (χ1v) is 11.7. The molecule has 0 spiro atoms. The molecule has 30 heavy (non-hydrogen) atoms. The number of hydrogen-bond donors (Lipinski definition) is 0. The van der Waals surface area contributed by atoms with E-state index in [2.05, 4.69) is 80.2 Å². The van der Waals surface area contributed by atoms with Crippen LogP contribution >= 0.6 is 0 Å². The first-order chi connectivity index (χ1) is 14.5. The van der Waals surface area contributed by atoms with Crippen LogP contribution < -0.4 is 4.90 Å². The maximum Gasteiger partial charge on any atom is 0.159 e. The zero-order valence-electron chi connectivity index (χ0n) is 18.7. The van der Waals surface area contributed by atoms with Gasteiger partial charge in [0.25, 0.3) is 0 Å². The van der Waals surface area contributed by atoms with E-state index in [9.17, 15) is 0 Å². The van der Waals surface area contributed by atoms with Crippen molar-refractivity contribution in [2.45, 2.75) is 71.4 Å². The first kappa shape index (κ1) is 18.4. The monoisotopic (exact) mass is 400 g/mol. The molecule has 1 saturated heterocycles. The quantitative estimate of drug-likeness (QED) is 0.433. The Morgan fingerprint density at radius 2 is 1.87 bits per heavy atom. The summed E-state index contributed by atoms with van der Waals surface area (Å²) >= 11 is 0. The van der Waals surface area contributed by atoms with Gasteiger partial charge in [-0.25, -0.2) is 0 Å². The zero-order valence-corrected chi connectivity index (χ0v) is 18.7. The molecule has 0 N–H and O–H groups in total. The second-order valence-corrected chi connectivity index (χ2v) is 10.1. The third-order valence-electron chi connectivity index (χ3n) is 8.65. The normalized spacial score (nSPS) is 28.9. The van der Waals surface area contributed by atoms with E-state index < -0.39 is 0 Å². The number of aryl methyl sites for hydroxylation is 1. The molecule has 3 aliphatic heterocycles. The summed E-state index contributed by atoms with van der Waals surface area (Å²) in [5.41, 5.74) is 6.63. The highest BCUT2D eigenvalue weighted by Gasteiger charge is 2.65. The summed E-state index contributed by atoms with van der Waals surface area (Å²) in [6.07, 6.45) is 11.0. The van der Waals surface area contributed by atoms with Crippen LogP contribution in [0.3, 0.4) is 0 Å². The van der Waals surface area contributed by atoms with E-state index in [0.717, 1.165) is 30.6 Å². The minimum Gasteiger partial charge on any atom is -0.454 e. The van der Waals surface area contributed by atoms with E-state index >= 15 is 0 Å². The minimum absolute atomic E-state index is 0.143. The van der Waals surface area contributed by atoms with Crippen LogP contribution in [0.5, 0.6) is 0 Å². The molecule has 1 unspecified atom stereocenters. The third-order valence-corrected chi connectivity index (χ3v) is 8.65. The molecule has 0 bridgehead atoms. The fourth-order valence-corrected chi connectivity index (χ4v) is 6.51. The van der Waals surface area contributed by atoms with Crippen molar-refractivity contribution in [3.8, 4) is 0 Å². The van der Waals surface area contributed by atoms with Crippen molar-refractivity contribution in [2.24, 2.45) is 5.41 Å². The Bertz CT molecular complexity index is 1190. The molecular formula is C27H32N2O. The average molecular weight is 401 g/mol. The van der Waals surface area contributed by atoms with Crippen molar-refractivity contribution in [1.82, 2.24) is 4.90 Å². The van der Waals surface area contributed by atoms with Gasteiger partial charge in [0.15, 0.2) is 5.58 Å². The molecule has 3 nitrogen and oxygen atoms in total. The summed E-state index contributed by atoms with van der Waals surface area (Å²) in [7, 11) is 0. The van der Waals surface area contributed by atoms with Crippen LogP contribution in [0.25, 0.3) is 21.9 Å². The topological polar surface area (TPSA) is 19.6 Å². The van der Waals surface area contributed by atoms with Gasteiger partial charge in [-0.2, -0.15) is 0 Å². The minimum atomic E-state index is 0.143. The molecule has 1 aromatic heterocycles. The average Bonchev–Trinajstić information content (AvgIpc) is 3.29. The molecule has 3 heteroatoms. The van der Waals surface area contributed by atoms with E-state index in [1.807, 2.05) is 0 Å². The van der Waals surface area contributed by atoms with Crippen LogP contribution in [-0.4, -0.2) is 17.6 Å². The van der Waals surface area contributed by atoms with E-state index in [-0.39, 0.29) is 10.8 Å². The molecular weight excluding hydrogens is 368 g/mol. The molecule has 0 aliphatic carbocycles. The van der Waals surface area contributed by atoms with Gasteiger partial charge in [-0.05, 0) is 36.5 Å². The van der Waals surface area contributed by atoms with Crippen molar-refractivity contribution in [3.63, 3.8) is 0 Å². The van der Waals surface area contributed by atoms with Gasteiger partial charge >= 0.3 is 0 Å². The summed E-state index contributed by atoms with van der Waals surface area (Å²) < 4.78 is 6.63. The smallest absolute Gasteiger partial charge is 0.159 e. The number of hydrogen-bond acceptors (Lipinski definition) is 3. The molecule has 0 saturated carbocycles. The Labute approximate surface area is 179 Å². The second kappa shape index (κ2) is 6.06. The van der Waals surface area contributed by atoms with Gasteiger partial charge < -0.3 is 14.2 Å². The Kier molecular flexibility index (Phi) is 3.71. The Morgan fingerprint density at radius 1 is 1.03 bits per heavy atom. The van der Waals surface area contributed by atoms with Gasteiger partial charge in [-0.15, -0.1) is 0 Å². The summed E-state index contributed by atoms with van der Waals surface area (Å²) in [5.74, 6) is 0. The highest BCUT2D eigenvalue weighted by molar-refractivity contribution is 6.10. The third kappa shape index (κ3) is 2.06. The molecule has 3 aromatic rings. The van der Waals surface area contributed by atoms with Crippen molar-refractivity contribution in [3.05, 3.63) is 53.9 Å². The number of nitrogens with zero attached hydrogens (tertiary/aromatic N) is 2. The van der Waals surface area contributed by atoms with Gasteiger partial charge in [0.05, 0.1) is 5.69 Å². The predicted octanol–water partition coefficient (Wildman–Crippen LogP) is 6.94. The molecule has 6 rings (SSSR count). The summed E-state index contributed by atoms with van der Waals surface area (Å²) in [5, 5.41) is 2.49. The maximum absolute atomic E-state index is 6.63. The highest BCUT2D eigenvalue weighted by atomic mass is 16.3. The SMILES string of the molecule is CCCCCc1ccc2c(c1)oc1c3c(ccc12)C(C)(CC)[C@@]1(C)CN2C=CN3[C@@H]21. The number of furan rings is 1. The molecule has 4 heterocycles. The standard InChI is InChI=1S/C27H32N2O/c1-5-7-8-9-18-10-11-19-20-12-13-21-23(24(20)30-22(19)16-18)29-15-14-28-17-27(4,25(28)29)26(21,3)6-2/h10-16,25H,5-9,17H2,1-4H3/t25-,26?,27+/m1/s1. The largest absolute Gasteiger partial charge is 0.454 e. The molecule has 0 radical (unpaired) electrons. The Balaban J connectivity index is 1.55. The predicted molar refractivity (Wildman–Crippen MR) is 125 cm³/mol. The van der Waals surface area contributed by atoms with E-state index in [0.29, 0.717) is 6.17 Å². The summed E-state index contributed by atoms with van der Waals surface area (Å²) in [6.45, 7) is 10.7. The number of unbranched alkanes of at least 4 members (excludes halogenated alkanes) is 2. The lowest BCUT2D eigenvalue weighted by atomic mass is 9.53. The molecule has 2 aromatic carbocycles. The number of fused-ring (bicyclic) bond motifs is 6. The van der Waals surface area contributed by atoms with Gasteiger partial charge in [0, 0.05) is 40.5 Å². The van der Waals surface area contributed by atoms with Crippen LogP contribution in [-0.2, 0) is 11.8 Å². The zero-order chi connectivity index (χ0) is 20.7. The molecule has 156 valence electrons. The van der Waals surface area contributed by atoms with Gasteiger partial charge in [-0.1, -0.05) is 64.8 Å². The fourth-order valence-electron chi connectivity index (χ4n) is 6.51. The maximum atomic E-state index is 6.63. The lowest BCUT2D eigenvalue weighted by Gasteiger charge is -2.66. The number of rotatable bonds is 5. The highest BCUT2D eigenvalue weighted by Crippen LogP contribution is 2.63. The van der Waals surface area contributed by atoms with Crippen LogP contribution in [0.2, 0.25) is 0 Å². The van der Waals surface area contributed by atoms with Crippen LogP contribution in [0.4, 0.5) is 5.69 Å². The summed E-state index contributed by atoms with van der Waals surface area (Å²) in [6, 6.07) is 11.5. The molecule has 3 atom stereocenters. The van der Waals surface area contributed by atoms with E-state index in [1.54, 1.807) is 0 Å². The van der Waals surface area contributed by atoms with Crippen molar-refractivity contribution < 1.29 is 4.42 Å². The van der Waals surface area contributed by atoms with E-state index in [1.165, 1.54) is 46.8 Å². The van der Waals surface area contributed by atoms with Crippen molar-refractivity contribution in [2.75, 3.05) is 11.4 Å². The first-order valence-electron chi connectivity index (χ1n) is 11.7. The molecule has 1 fully saturated rings. The molecule has 0 amide bonds. The number of benzene rings is 2. The van der Waals surface area contributed by atoms with Gasteiger partial charge in [-0.3, -0.25) is 0 Å². The second-order valence-electron chi connectivity index (χ2n) is 10.1. The van der Waals surface area contributed by atoms with Crippen LogP contribution in [0.1, 0.15) is 64.5 Å².